The molecular formula is C16H23N. The number of nitrogens with one attached hydrogen (secondary N) is 1. The van der Waals surface area contributed by atoms with E-state index in [1.165, 1.54) is 42.4 Å². The summed E-state index contributed by atoms with van der Waals surface area (Å²) >= 11 is 0. The molecule has 0 aliphatic heterocycles. The first-order valence-electron chi connectivity index (χ1n) is 7.02. The van der Waals surface area contributed by atoms with Crippen LogP contribution in [-0.4, -0.2) is 6.04 Å². The first kappa shape index (κ1) is 11.3. The van der Waals surface area contributed by atoms with Crippen LogP contribution in [0.1, 0.15) is 42.4 Å². The molecule has 2 aliphatic rings. The van der Waals surface area contributed by atoms with Crippen LogP contribution < -0.4 is 5.32 Å². The lowest BCUT2D eigenvalue weighted by Gasteiger charge is -2.24. The fraction of sp³-hybridized carbons (Fsp3) is 0.625. The minimum Gasteiger partial charge on any atom is -0.310 e. The van der Waals surface area contributed by atoms with Crippen molar-refractivity contribution in [3.63, 3.8) is 0 Å². The van der Waals surface area contributed by atoms with Crippen LogP contribution in [0.5, 0.6) is 0 Å². The Morgan fingerprint density at radius 1 is 1.12 bits per heavy atom. The van der Waals surface area contributed by atoms with E-state index < -0.39 is 0 Å². The van der Waals surface area contributed by atoms with Gasteiger partial charge >= 0.3 is 0 Å². The summed E-state index contributed by atoms with van der Waals surface area (Å²) in [4.78, 5) is 0. The first-order chi connectivity index (χ1) is 8.24. The Morgan fingerprint density at radius 2 is 1.88 bits per heavy atom. The summed E-state index contributed by atoms with van der Waals surface area (Å²) in [5.74, 6) is 2.01. The van der Waals surface area contributed by atoms with Crippen molar-refractivity contribution in [3.8, 4) is 0 Å². The Labute approximate surface area is 105 Å². The Kier molecular flexibility index (Phi) is 2.96. The third kappa shape index (κ3) is 2.13. The van der Waals surface area contributed by atoms with E-state index in [-0.39, 0.29) is 0 Å². The molecule has 1 heteroatoms. The normalized spacial score (nSPS) is 31.1. The summed E-state index contributed by atoms with van der Waals surface area (Å²) in [7, 11) is 0. The molecule has 0 spiro atoms. The summed E-state index contributed by atoms with van der Waals surface area (Å²) in [6, 6.07) is 7.41. The van der Waals surface area contributed by atoms with Crippen molar-refractivity contribution in [3.05, 3.63) is 34.9 Å². The Bertz CT molecular complexity index is 390. The minimum absolute atomic E-state index is 0.799. The third-order valence-electron chi connectivity index (χ3n) is 4.92. The molecule has 0 saturated heterocycles. The van der Waals surface area contributed by atoms with Gasteiger partial charge in [-0.15, -0.1) is 0 Å². The lowest BCUT2D eigenvalue weighted by atomic mass is 9.94. The van der Waals surface area contributed by atoms with Gasteiger partial charge in [-0.3, -0.25) is 0 Å². The van der Waals surface area contributed by atoms with E-state index in [0.717, 1.165) is 24.4 Å². The molecule has 3 unspecified atom stereocenters. The highest BCUT2D eigenvalue weighted by molar-refractivity contribution is 5.33. The molecule has 0 aromatic heterocycles. The molecule has 1 aromatic carbocycles. The summed E-state index contributed by atoms with van der Waals surface area (Å²) in [6.45, 7) is 5.52. The van der Waals surface area contributed by atoms with E-state index in [1.807, 2.05) is 0 Å². The average molecular weight is 229 g/mol. The molecule has 0 amide bonds. The van der Waals surface area contributed by atoms with E-state index in [9.17, 15) is 0 Å². The Morgan fingerprint density at radius 3 is 2.47 bits per heavy atom. The lowest BCUT2D eigenvalue weighted by Crippen LogP contribution is -2.33. The van der Waals surface area contributed by atoms with Gasteiger partial charge in [0.05, 0.1) is 0 Å². The predicted octanol–water partition coefficient (Wildman–Crippen LogP) is 3.58. The van der Waals surface area contributed by atoms with Crippen LogP contribution in [0.15, 0.2) is 18.2 Å². The van der Waals surface area contributed by atoms with Crippen molar-refractivity contribution in [2.45, 2.75) is 52.1 Å². The van der Waals surface area contributed by atoms with E-state index in [2.05, 4.69) is 37.4 Å². The summed E-state index contributed by atoms with van der Waals surface area (Å²) in [6.07, 6.45) is 5.88. The topological polar surface area (TPSA) is 12.0 Å². The number of hydrogen-bond donors (Lipinski definition) is 1. The molecule has 1 aromatic rings. The zero-order valence-corrected chi connectivity index (χ0v) is 11.0. The SMILES string of the molecule is Cc1cccc(C)c1CNC1CC2CCC1C2. The van der Waals surface area contributed by atoms with Crippen molar-refractivity contribution < 1.29 is 0 Å². The highest BCUT2D eigenvalue weighted by Crippen LogP contribution is 2.44. The van der Waals surface area contributed by atoms with Crippen molar-refractivity contribution in [1.29, 1.82) is 0 Å². The number of benzene rings is 1. The predicted molar refractivity (Wildman–Crippen MR) is 72.0 cm³/mol. The maximum Gasteiger partial charge on any atom is 0.0213 e. The van der Waals surface area contributed by atoms with Crippen molar-refractivity contribution in [1.82, 2.24) is 5.32 Å². The Hall–Kier alpha value is -0.820. The smallest absolute Gasteiger partial charge is 0.0213 e. The van der Waals surface area contributed by atoms with Crippen LogP contribution in [0.4, 0.5) is 0 Å². The summed E-state index contributed by atoms with van der Waals surface area (Å²) < 4.78 is 0. The van der Waals surface area contributed by atoms with Crippen LogP contribution in [0, 0.1) is 25.7 Å². The van der Waals surface area contributed by atoms with Crippen molar-refractivity contribution in [2.75, 3.05) is 0 Å². The molecule has 2 fully saturated rings. The average Bonchev–Trinajstić information content (AvgIpc) is 2.90. The molecule has 3 atom stereocenters. The van der Waals surface area contributed by atoms with Gasteiger partial charge in [-0.05, 0) is 61.6 Å². The molecule has 0 heterocycles. The van der Waals surface area contributed by atoms with Gasteiger partial charge in [0, 0.05) is 12.6 Å². The largest absolute Gasteiger partial charge is 0.310 e. The fourth-order valence-corrected chi connectivity index (χ4v) is 3.86. The van der Waals surface area contributed by atoms with Gasteiger partial charge in [-0.25, -0.2) is 0 Å². The Balaban J connectivity index is 1.64. The van der Waals surface area contributed by atoms with Gasteiger partial charge in [0.15, 0.2) is 0 Å². The molecule has 0 radical (unpaired) electrons. The second-order valence-corrected chi connectivity index (χ2v) is 6.03. The fourth-order valence-electron chi connectivity index (χ4n) is 3.86. The monoisotopic (exact) mass is 229 g/mol. The van der Waals surface area contributed by atoms with E-state index >= 15 is 0 Å². The third-order valence-corrected chi connectivity index (χ3v) is 4.92. The zero-order valence-electron chi connectivity index (χ0n) is 11.0. The molecular weight excluding hydrogens is 206 g/mol. The second kappa shape index (κ2) is 4.45. The summed E-state index contributed by atoms with van der Waals surface area (Å²) in [5.41, 5.74) is 4.37. The van der Waals surface area contributed by atoms with E-state index in [4.69, 9.17) is 0 Å². The van der Waals surface area contributed by atoms with Gasteiger partial charge in [0.1, 0.15) is 0 Å². The van der Waals surface area contributed by atoms with E-state index in [1.54, 1.807) is 0 Å². The van der Waals surface area contributed by atoms with Crippen LogP contribution in [0.2, 0.25) is 0 Å². The quantitative estimate of drug-likeness (QED) is 0.835. The second-order valence-electron chi connectivity index (χ2n) is 6.03. The van der Waals surface area contributed by atoms with Gasteiger partial charge < -0.3 is 5.32 Å². The van der Waals surface area contributed by atoms with Gasteiger partial charge in [0.25, 0.3) is 0 Å². The lowest BCUT2D eigenvalue weighted by molar-refractivity contribution is 0.350. The number of aryl methyl sites for hydroxylation is 2. The molecule has 2 saturated carbocycles. The van der Waals surface area contributed by atoms with Crippen molar-refractivity contribution >= 4 is 0 Å². The van der Waals surface area contributed by atoms with E-state index in [0.29, 0.717) is 0 Å². The van der Waals surface area contributed by atoms with Gasteiger partial charge in [0.2, 0.25) is 0 Å². The number of hydrogen-bond acceptors (Lipinski definition) is 1. The molecule has 92 valence electrons. The molecule has 1 nitrogen and oxygen atoms in total. The molecule has 17 heavy (non-hydrogen) atoms. The van der Waals surface area contributed by atoms with Crippen LogP contribution in [0.25, 0.3) is 0 Å². The molecule has 1 N–H and O–H groups in total. The van der Waals surface area contributed by atoms with Gasteiger partial charge in [-0.2, -0.15) is 0 Å². The van der Waals surface area contributed by atoms with Crippen LogP contribution >= 0.6 is 0 Å². The maximum absolute atomic E-state index is 3.81. The number of fused-ring (bicyclic) bond motifs is 2. The molecule has 3 rings (SSSR count). The zero-order chi connectivity index (χ0) is 11.8. The molecule has 2 aliphatic carbocycles. The van der Waals surface area contributed by atoms with Crippen LogP contribution in [-0.2, 0) is 6.54 Å². The highest BCUT2D eigenvalue weighted by atomic mass is 14.9. The standard InChI is InChI=1S/C16H23N/c1-11-4-3-5-12(2)15(11)10-17-16-9-13-6-7-14(16)8-13/h3-5,13-14,16-17H,6-10H2,1-2H3. The molecule has 2 bridgehead atoms. The van der Waals surface area contributed by atoms with Crippen molar-refractivity contribution in [2.24, 2.45) is 11.8 Å². The van der Waals surface area contributed by atoms with Gasteiger partial charge in [-0.1, -0.05) is 24.6 Å². The maximum atomic E-state index is 3.81. The minimum atomic E-state index is 0.799. The highest BCUT2D eigenvalue weighted by Gasteiger charge is 2.38. The van der Waals surface area contributed by atoms with Crippen LogP contribution in [0.3, 0.4) is 0 Å². The first-order valence-corrected chi connectivity index (χ1v) is 7.02. The summed E-state index contributed by atoms with van der Waals surface area (Å²) in [5, 5.41) is 3.81. The number of rotatable bonds is 3.